The van der Waals surface area contributed by atoms with Crippen molar-refractivity contribution < 1.29 is 19.1 Å². The molecule has 0 saturated carbocycles. The van der Waals surface area contributed by atoms with Crippen molar-refractivity contribution >= 4 is 17.8 Å². The summed E-state index contributed by atoms with van der Waals surface area (Å²) >= 11 is 0. The zero-order chi connectivity index (χ0) is 18.9. The number of benzene rings is 2. The van der Waals surface area contributed by atoms with Crippen molar-refractivity contribution in [2.45, 2.75) is 13.0 Å². The third-order valence-corrected chi connectivity index (χ3v) is 3.48. The summed E-state index contributed by atoms with van der Waals surface area (Å²) in [6.07, 6.45) is 0.620. The smallest absolute Gasteiger partial charge is 0.267 e. The van der Waals surface area contributed by atoms with Gasteiger partial charge in [0, 0.05) is 11.3 Å². The second kappa shape index (κ2) is 9.08. The van der Waals surface area contributed by atoms with Gasteiger partial charge in [-0.2, -0.15) is 5.26 Å². The molecule has 134 valence electrons. The molecule has 0 bridgehead atoms. The van der Waals surface area contributed by atoms with Crippen LogP contribution in [-0.4, -0.2) is 32.4 Å². The molecule has 26 heavy (non-hydrogen) atoms. The van der Waals surface area contributed by atoms with E-state index in [1.807, 2.05) is 6.07 Å². The van der Waals surface area contributed by atoms with Gasteiger partial charge in [0.15, 0.2) is 0 Å². The number of anilines is 1. The summed E-state index contributed by atoms with van der Waals surface area (Å²) in [5.74, 6) is 0.869. The molecule has 0 unspecified atom stereocenters. The molecule has 1 N–H and O–H groups in total. The molecule has 0 saturated heterocycles. The summed E-state index contributed by atoms with van der Waals surface area (Å²) in [7, 11) is 3.11. The van der Waals surface area contributed by atoms with Gasteiger partial charge in [-0.25, -0.2) is 0 Å². The Kier molecular flexibility index (Phi) is 6.57. The first-order valence-electron chi connectivity index (χ1n) is 7.79. The fourth-order valence-electron chi connectivity index (χ4n) is 2.08. The van der Waals surface area contributed by atoms with E-state index in [0.717, 1.165) is 0 Å². The number of nitrogens with zero attached hydrogens (tertiary/aromatic N) is 2. The number of hydrogen-bond acceptors (Lipinski definition) is 6. The average molecular weight is 353 g/mol. The molecule has 0 fully saturated rings. The van der Waals surface area contributed by atoms with Crippen LogP contribution < -0.4 is 14.8 Å². The van der Waals surface area contributed by atoms with Crippen LogP contribution in [0.5, 0.6) is 11.5 Å². The number of nitrogens with one attached hydrogen (secondary N) is 1. The zero-order valence-corrected chi connectivity index (χ0v) is 14.7. The van der Waals surface area contributed by atoms with E-state index in [0.29, 0.717) is 28.3 Å². The Bertz CT molecular complexity index is 843. The van der Waals surface area contributed by atoms with Crippen LogP contribution in [0.25, 0.3) is 0 Å². The van der Waals surface area contributed by atoms with Crippen LogP contribution in [0.15, 0.2) is 47.6 Å². The van der Waals surface area contributed by atoms with Gasteiger partial charge in [-0.05, 0) is 43.3 Å². The SMILES string of the molecule is COc1ccc(OC)c(/C=N\O[C@@H](C)C(=O)Nc2cccc(C#N)c2)c1. The van der Waals surface area contributed by atoms with Crippen LogP contribution in [0.4, 0.5) is 5.69 Å². The van der Waals surface area contributed by atoms with E-state index in [4.69, 9.17) is 19.6 Å². The van der Waals surface area contributed by atoms with Gasteiger partial charge in [0.05, 0.1) is 32.1 Å². The minimum absolute atomic E-state index is 0.380. The minimum atomic E-state index is -0.825. The van der Waals surface area contributed by atoms with Gasteiger partial charge in [-0.15, -0.1) is 0 Å². The lowest BCUT2D eigenvalue weighted by molar-refractivity contribution is -0.126. The molecule has 1 atom stereocenters. The van der Waals surface area contributed by atoms with Crippen LogP contribution in [-0.2, 0) is 9.63 Å². The maximum absolute atomic E-state index is 12.1. The highest BCUT2D eigenvalue weighted by Crippen LogP contribution is 2.22. The van der Waals surface area contributed by atoms with Gasteiger partial charge in [0.2, 0.25) is 6.10 Å². The molecular weight excluding hydrogens is 334 g/mol. The summed E-state index contributed by atoms with van der Waals surface area (Å²) in [5, 5.41) is 15.4. The second-order valence-corrected chi connectivity index (χ2v) is 5.27. The summed E-state index contributed by atoms with van der Waals surface area (Å²) in [6, 6.07) is 13.9. The van der Waals surface area contributed by atoms with Crippen LogP contribution in [0.2, 0.25) is 0 Å². The fourth-order valence-corrected chi connectivity index (χ4v) is 2.08. The van der Waals surface area contributed by atoms with Crippen molar-refractivity contribution in [3.63, 3.8) is 0 Å². The highest BCUT2D eigenvalue weighted by Gasteiger charge is 2.14. The topological polar surface area (TPSA) is 92.9 Å². The highest BCUT2D eigenvalue weighted by molar-refractivity contribution is 5.94. The number of carbonyl (C=O) groups excluding carboxylic acids is 1. The van der Waals surface area contributed by atoms with Gasteiger partial charge in [-0.1, -0.05) is 11.2 Å². The van der Waals surface area contributed by atoms with Crippen LogP contribution in [0, 0.1) is 11.3 Å². The molecule has 0 heterocycles. The van der Waals surface area contributed by atoms with Crippen molar-refractivity contribution in [1.82, 2.24) is 0 Å². The number of ether oxygens (including phenoxy) is 2. The van der Waals surface area contributed by atoms with Crippen molar-refractivity contribution in [3.05, 3.63) is 53.6 Å². The van der Waals surface area contributed by atoms with Crippen LogP contribution in [0.3, 0.4) is 0 Å². The largest absolute Gasteiger partial charge is 0.497 e. The number of amides is 1. The molecule has 0 spiro atoms. The number of carbonyl (C=O) groups is 1. The van der Waals surface area contributed by atoms with Crippen LogP contribution in [0.1, 0.15) is 18.1 Å². The lowest BCUT2D eigenvalue weighted by Gasteiger charge is -2.11. The molecule has 0 aromatic heterocycles. The van der Waals surface area contributed by atoms with E-state index in [9.17, 15) is 4.79 Å². The maximum Gasteiger partial charge on any atom is 0.267 e. The highest BCUT2D eigenvalue weighted by atomic mass is 16.6. The molecular formula is C19H19N3O4. The summed E-state index contributed by atoms with van der Waals surface area (Å²) in [6.45, 7) is 1.57. The Morgan fingerprint density at radius 3 is 2.73 bits per heavy atom. The summed E-state index contributed by atoms with van der Waals surface area (Å²) in [4.78, 5) is 17.3. The first-order chi connectivity index (χ1) is 12.6. The zero-order valence-electron chi connectivity index (χ0n) is 14.7. The van der Waals surface area contributed by atoms with E-state index in [2.05, 4.69) is 10.5 Å². The minimum Gasteiger partial charge on any atom is -0.497 e. The van der Waals surface area contributed by atoms with Gasteiger partial charge in [-0.3, -0.25) is 4.79 Å². The third-order valence-electron chi connectivity index (χ3n) is 3.48. The molecule has 2 rings (SSSR count). The van der Waals surface area contributed by atoms with Crippen molar-refractivity contribution in [3.8, 4) is 17.6 Å². The van der Waals surface area contributed by atoms with E-state index in [1.165, 1.54) is 6.21 Å². The van der Waals surface area contributed by atoms with Gasteiger partial charge < -0.3 is 19.6 Å². The van der Waals surface area contributed by atoms with Crippen LogP contribution >= 0.6 is 0 Å². The molecule has 2 aromatic carbocycles. The predicted octanol–water partition coefficient (Wildman–Crippen LogP) is 2.95. The molecule has 0 aliphatic carbocycles. The molecule has 0 aliphatic rings. The lowest BCUT2D eigenvalue weighted by atomic mass is 10.2. The number of methoxy groups -OCH3 is 2. The van der Waals surface area contributed by atoms with E-state index < -0.39 is 6.10 Å². The Labute approximate surface area is 151 Å². The number of hydrogen-bond donors (Lipinski definition) is 1. The normalized spacial score (nSPS) is 11.5. The first-order valence-corrected chi connectivity index (χ1v) is 7.79. The molecule has 0 radical (unpaired) electrons. The van der Waals surface area contributed by atoms with Crippen molar-refractivity contribution in [2.75, 3.05) is 19.5 Å². The Balaban J connectivity index is 1.99. The van der Waals surface area contributed by atoms with E-state index in [-0.39, 0.29) is 5.91 Å². The van der Waals surface area contributed by atoms with Crippen molar-refractivity contribution in [2.24, 2.45) is 5.16 Å². The predicted molar refractivity (Wildman–Crippen MR) is 97.5 cm³/mol. The Morgan fingerprint density at radius 2 is 2.04 bits per heavy atom. The Morgan fingerprint density at radius 1 is 1.23 bits per heavy atom. The quantitative estimate of drug-likeness (QED) is 0.610. The molecule has 7 nitrogen and oxygen atoms in total. The second-order valence-electron chi connectivity index (χ2n) is 5.27. The number of oxime groups is 1. The van der Waals surface area contributed by atoms with Gasteiger partial charge in [0.25, 0.3) is 5.91 Å². The summed E-state index contributed by atoms with van der Waals surface area (Å²) in [5.41, 5.74) is 1.63. The third kappa shape index (κ3) is 4.98. The standard InChI is InChI=1S/C19H19N3O4/c1-13(19(23)22-16-6-4-5-14(9-16)11-20)26-21-12-15-10-17(24-2)7-8-18(15)25-3/h4-10,12-13H,1-3H3,(H,22,23)/b21-12-/t13-/m0/s1. The molecule has 1 amide bonds. The van der Waals surface area contributed by atoms with Crippen molar-refractivity contribution in [1.29, 1.82) is 5.26 Å². The monoisotopic (exact) mass is 353 g/mol. The number of nitriles is 1. The lowest BCUT2D eigenvalue weighted by Crippen LogP contribution is -2.26. The molecule has 0 aliphatic heterocycles. The maximum atomic E-state index is 12.1. The first kappa shape index (κ1) is 18.8. The number of rotatable bonds is 7. The Hall–Kier alpha value is -3.53. The van der Waals surface area contributed by atoms with E-state index in [1.54, 1.807) is 63.6 Å². The molecule has 2 aromatic rings. The van der Waals surface area contributed by atoms with E-state index >= 15 is 0 Å². The fraction of sp³-hybridized carbons (Fsp3) is 0.211. The average Bonchev–Trinajstić information content (AvgIpc) is 2.67. The summed E-state index contributed by atoms with van der Waals surface area (Å²) < 4.78 is 10.4. The molecule has 7 heteroatoms. The van der Waals surface area contributed by atoms with Gasteiger partial charge in [0.1, 0.15) is 11.5 Å². The van der Waals surface area contributed by atoms with Gasteiger partial charge >= 0.3 is 0 Å².